The molecule has 0 aromatic carbocycles. The van der Waals surface area contributed by atoms with Crippen LogP contribution in [0.15, 0.2) is 11.1 Å². The molecule has 1 aliphatic rings. The quantitative estimate of drug-likeness (QED) is 0.325. The highest BCUT2D eigenvalue weighted by molar-refractivity contribution is 5.72. The molecule has 0 aromatic rings. The fraction of sp³-hybridized carbons (Fsp3) is 0.733. The number of carbonyl (C=O) groups excluding carboxylic acids is 2. The van der Waals surface area contributed by atoms with Crippen LogP contribution in [-0.4, -0.2) is 32.4 Å². The zero-order chi connectivity index (χ0) is 16.0. The van der Waals surface area contributed by atoms with E-state index >= 15 is 0 Å². The highest BCUT2D eigenvalue weighted by Gasteiger charge is 2.45. The van der Waals surface area contributed by atoms with Crippen molar-refractivity contribution in [3.05, 3.63) is 11.1 Å². The SMILES string of the molecule is CCOC(=O)OCC1C/C(=C(/C)CC(=O)OOC)C1(C)C. The van der Waals surface area contributed by atoms with Crippen LogP contribution in [0.4, 0.5) is 4.79 Å². The van der Waals surface area contributed by atoms with Gasteiger partial charge in [-0.2, -0.15) is 4.89 Å². The Morgan fingerprint density at radius 2 is 1.95 bits per heavy atom. The molecule has 21 heavy (non-hydrogen) atoms. The zero-order valence-electron chi connectivity index (χ0n) is 13.4. The van der Waals surface area contributed by atoms with Gasteiger partial charge in [-0.1, -0.05) is 25.0 Å². The lowest BCUT2D eigenvalue weighted by Gasteiger charge is -2.48. The second-order valence-electron chi connectivity index (χ2n) is 5.67. The summed E-state index contributed by atoms with van der Waals surface area (Å²) in [5.74, 6) is -0.185. The summed E-state index contributed by atoms with van der Waals surface area (Å²) in [5.41, 5.74) is 2.08. The summed E-state index contributed by atoms with van der Waals surface area (Å²) in [5, 5.41) is 0. The molecule has 0 amide bonds. The van der Waals surface area contributed by atoms with Gasteiger partial charge >= 0.3 is 12.1 Å². The van der Waals surface area contributed by atoms with E-state index in [2.05, 4.69) is 23.6 Å². The summed E-state index contributed by atoms with van der Waals surface area (Å²) in [7, 11) is 1.30. The van der Waals surface area contributed by atoms with Crippen molar-refractivity contribution in [2.24, 2.45) is 11.3 Å². The predicted molar refractivity (Wildman–Crippen MR) is 75.3 cm³/mol. The highest BCUT2D eigenvalue weighted by atomic mass is 17.2. The lowest BCUT2D eigenvalue weighted by molar-refractivity contribution is -0.254. The molecular weight excluding hydrogens is 276 g/mol. The van der Waals surface area contributed by atoms with Crippen LogP contribution in [-0.2, 0) is 24.0 Å². The van der Waals surface area contributed by atoms with E-state index in [0.29, 0.717) is 13.2 Å². The molecule has 1 rings (SSSR count). The topological polar surface area (TPSA) is 71.1 Å². The molecule has 0 aromatic heterocycles. The molecule has 120 valence electrons. The number of hydrogen-bond acceptors (Lipinski definition) is 6. The Balaban J connectivity index is 2.55. The Bertz CT molecular complexity index is 424. The first-order valence-electron chi connectivity index (χ1n) is 7.05. The Labute approximate surface area is 125 Å². The van der Waals surface area contributed by atoms with Crippen LogP contribution < -0.4 is 0 Å². The lowest BCUT2D eigenvalue weighted by Crippen LogP contribution is -2.42. The first-order chi connectivity index (χ1) is 9.82. The molecule has 6 heteroatoms. The zero-order valence-corrected chi connectivity index (χ0v) is 13.4. The van der Waals surface area contributed by atoms with E-state index in [1.165, 1.54) is 12.7 Å². The summed E-state index contributed by atoms with van der Waals surface area (Å²) in [6.45, 7) is 8.44. The Morgan fingerprint density at radius 1 is 1.29 bits per heavy atom. The van der Waals surface area contributed by atoms with Gasteiger partial charge in [-0.15, -0.1) is 0 Å². The molecule has 0 bridgehead atoms. The van der Waals surface area contributed by atoms with Crippen LogP contribution in [0.1, 0.15) is 40.5 Å². The summed E-state index contributed by atoms with van der Waals surface area (Å²) in [6, 6.07) is 0. The van der Waals surface area contributed by atoms with Gasteiger partial charge in [0.25, 0.3) is 0 Å². The van der Waals surface area contributed by atoms with Crippen LogP contribution >= 0.6 is 0 Å². The minimum absolute atomic E-state index is 0.107. The summed E-state index contributed by atoms with van der Waals surface area (Å²) in [4.78, 5) is 31.4. The molecular formula is C15H24O6. The van der Waals surface area contributed by atoms with E-state index in [1.807, 2.05) is 6.92 Å². The normalized spacial score (nSPS) is 22.0. The largest absolute Gasteiger partial charge is 0.508 e. The Hall–Kier alpha value is -1.56. The van der Waals surface area contributed by atoms with Crippen LogP contribution in [0.2, 0.25) is 0 Å². The minimum atomic E-state index is -0.633. The molecule has 0 aliphatic heterocycles. The van der Waals surface area contributed by atoms with Crippen molar-refractivity contribution in [2.45, 2.75) is 40.5 Å². The van der Waals surface area contributed by atoms with Gasteiger partial charge in [0.15, 0.2) is 0 Å². The summed E-state index contributed by atoms with van der Waals surface area (Å²) < 4.78 is 9.81. The Morgan fingerprint density at radius 3 is 2.48 bits per heavy atom. The van der Waals surface area contributed by atoms with E-state index in [-0.39, 0.29) is 17.8 Å². The smallest absolute Gasteiger partial charge is 0.435 e. The molecule has 6 nitrogen and oxygen atoms in total. The van der Waals surface area contributed by atoms with Crippen LogP contribution in [0, 0.1) is 11.3 Å². The molecule has 1 aliphatic carbocycles. The van der Waals surface area contributed by atoms with Crippen molar-refractivity contribution in [3.63, 3.8) is 0 Å². The van der Waals surface area contributed by atoms with Crippen LogP contribution in [0.5, 0.6) is 0 Å². The number of carbonyl (C=O) groups is 2. The van der Waals surface area contributed by atoms with Crippen molar-refractivity contribution in [2.75, 3.05) is 20.3 Å². The third kappa shape index (κ3) is 4.46. The molecule has 0 radical (unpaired) electrons. The predicted octanol–water partition coefficient (Wildman–Crippen LogP) is 3.02. The van der Waals surface area contributed by atoms with Gasteiger partial charge in [0.1, 0.15) is 0 Å². The standard InChI is InChI=1S/C15H24O6/c1-6-19-14(17)20-9-11-8-12(15(11,3)4)10(2)7-13(16)21-18-5/h11H,6-9H2,1-5H3/b12-10+. The van der Waals surface area contributed by atoms with Gasteiger partial charge < -0.3 is 9.47 Å². The maximum atomic E-state index is 11.4. The van der Waals surface area contributed by atoms with Gasteiger partial charge in [0.05, 0.1) is 26.7 Å². The molecule has 1 atom stereocenters. The van der Waals surface area contributed by atoms with Gasteiger partial charge in [0, 0.05) is 5.92 Å². The van der Waals surface area contributed by atoms with E-state index in [1.54, 1.807) is 6.92 Å². The molecule has 1 fully saturated rings. The first-order valence-corrected chi connectivity index (χ1v) is 7.05. The Kier molecular flexibility index (Phi) is 6.20. The van der Waals surface area contributed by atoms with E-state index < -0.39 is 12.1 Å². The maximum absolute atomic E-state index is 11.4. The molecule has 1 unspecified atom stereocenters. The van der Waals surface area contributed by atoms with Crippen molar-refractivity contribution >= 4 is 12.1 Å². The third-order valence-electron chi connectivity index (χ3n) is 4.01. The fourth-order valence-corrected chi connectivity index (χ4v) is 2.65. The van der Waals surface area contributed by atoms with Crippen molar-refractivity contribution < 1.29 is 28.8 Å². The van der Waals surface area contributed by atoms with E-state index in [0.717, 1.165) is 12.0 Å². The van der Waals surface area contributed by atoms with Crippen LogP contribution in [0.3, 0.4) is 0 Å². The van der Waals surface area contributed by atoms with E-state index in [4.69, 9.17) is 9.47 Å². The van der Waals surface area contributed by atoms with Gasteiger partial charge in [-0.05, 0) is 25.7 Å². The van der Waals surface area contributed by atoms with Crippen molar-refractivity contribution in [3.8, 4) is 0 Å². The second-order valence-corrected chi connectivity index (χ2v) is 5.67. The molecule has 1 saturated carbocycles. The van der Waals surface area contributed by atoms with Crippen LogP contribution in [0.25, 0.3) is 0 Å². The average Bonchev–Trinajstić information content (AvgIpc) is 2.37. The van der Waals surface area contributed by atoms with Gasteiger partial charge in [0.2, 0.25) is 0 Å². The fourth-order valence-electron chi connectivity index (χ4n) is 2.65. The van der Waals surface area contributed by atoms with Crippen molar-refractivity contribution in [1.82, 2.24) is 0 Å². The number of allylic oxidation sites excluding steroid dienone is 1. The first kappa shape index (κ1) is 17.5. The molecule has 0 N–H and O–H groups in total. The lowest BCUT2D eigenvalue weighted by atomic mass is 9.57. The number of ether oxygens (including phenoxy) is 2. The summed E-state index contributed by atoms with van der Waals surface area (Å²) in [6.07, 6.45) is 0.377. The number of rotatable bonds is 6. The highest BCUT2D eigenvalue weighted by Crippen LogP contribution is 2.52. The van der Waals surface area contributed by atoms with Gasteiger partial charge in [-0.25, -0.2) is 9.59 Å². The molecule has 0 saturated heterocycles. The maximum Gasteiger partial charge on any atom is 0.508 e. The summed E-state index contributed by atoms with van der Waals surface area (Å²) >= 11 is 0. The monoisotopic (exact) mass is 300 g/mol. The second kappa shape index (κ2) is 7.45. The van der Waals surface area contributed by atoms with Gasteiger partial charge in [-0.3, -0.25) is 4.89 Å². The minimum Gasteiger partial charge on any atom is -0.435 e. The molecule has 0 spiro atoms. The average molecular weight is 300 g/mol. The third-order valence-corrected chi connectivity index (χ3v) is 4.01. The van der Waals surface area contributed by atoms with E-state index in [9.17, 15) is 9.59 Å². The molecule has 0 heterocycles. The number of hydrogen-bond donors (Lipinski definition) is 0. The van der Waals surface area contributed by atoms with Crippen molar-refractivity contribution in [1.29, 1.82) is 0 Å².